The molecule has 1 saturated heterocycles. The first-order valence-corrected chi connectivity index (χ1v) is 14.5. The minimum atomic E-state index is -0.322. The molecule has 0 unspecified atom stereocenters. The number of nitrogens with zero attached hydrogens (tertiary/aromatic N) is 2. The summed E-state index contributed by atoms with van der Waals surface area (Å²) in [6.07, 6.45) is 5.90. The van der Waals surface area contributed by atoms with E-state index in [9.17, 15) is 14.4 Å². The smallest absolute Gasteiger partial charge is 0.254 e. The maximum absolute atomic E-state index is 13.5. The molecule has 1 aliphatic carbocycles. The molecule has 6 rings (SSSR count). The first-order chi connectivity index (χ1) is 19.6. The quantitative estimate of drug-likeness (QED) is 0.618. The van der Waals surface area contributed by atoms with Gasteiger partial charge in [-0.05, 0) is 55.2 Å². The summed E-state index contributed by atoms with van der Waals surface area (Å²) in [4.78, 5) is 43.9. The summed E-state index contributed by atoms with van der Waals surface area (Å²) in [7, 11) is 0. The fourth-order valence-corrected chi connectivity index (χ4v) is 6.44. The SMILES string of the molecule is O=C1NCCCN(C(=O)c2ccc3c(c2)OCO3)CCOc2cccc(c2)[C@H]2CN(C(=O)C3CCCCC3)C[C@H]12. The molecule has 2 aromatic carbocycles. The molecule has 0 radical (unpaired) electrons. The van der Waals surface area contributed by atoms with Gasteiger partial charge in [0.15, 0.2) is 11.5 Å². The van der Waals surface area contributed by atoms with Gasteiger partial charge in [0.1, 0.15) is 12.4 Å². The van der Waals surface area contributed by atoms with Crippen LogP contribution in [-0.4, -0.2) is 73.6 Å². The summed E-state index contributed by atoms with van der Waals surface area (Å²) in [5.41, 5.74) is 1.52. The second-order valence-electron chi connectivity index (χ2n) is 11.2. The second kappa shape index (κ2) is 11.8. The molecule has 9 heteroatoms. The summed E-state index contributed by atoms with van der Waals surface area (Å²) in [5.74, 6) is 1.60. The zero-order chi connectivity index (χ0) is 27.5. The average molecular weight is 548 g/mol. The zero-order valence-corrected chi connectivity index (χ0v) is 22.8. The number of likely N-dealkylation sites (tertiary alicyclic amines) is 1. The van der Waals surface area contributed by atoms with E-state index in [1.807, 2.05) is 29.2 Å². The largest absolute Gasteiger partial charge is 0.492 e. The van der Waals surface area contributed by atoms with Crippen LogP contribution in [0.1, 0.15) is 60.4 Å². The summed E-state index contributed by atoms with van der Waals surface area (Å²) in [5, 5.41) is 3.11. The lowest BCUT2D eigenvalue weighted by Gasteiger charge is -2.26. The molecule has 9 nitrogen and oxygen atoms in total. The summed E-state index contributed by atoms with van der Waals surface area (Å²) in [6, 6.07) is 13.0. The van der Waals surface area contributed by atoms with E-state index in [4.69, 9.17) is 14.2 Å². The number of benzene rings is 2. The van der Waals surface area contributed by atoms with E-state index in [0.717, 1.165) is 31.2 Å². The number of fused-ring (bicyclic) bond motifs is 5. The van der Waals surface area contributed by atoms with Crippen LogP contribution in [0.4, 0.5) is 0 Å². The fourth-order valence-electron chi connectivity index (χ4n) is 6.44. The topological polar surface area (TPSA) is 97.4 Å². The number of hydrogen-bond acceptors (Lipinski definition) is 6. The molecule has 40 heavy (non-hydrogen) atoms. The molecule has 2 bridgehead atoms. The van der Waals surface area contributed by atoms with Crippen LogP contribution in [-0.2, 0) is 9.59 Å². The van der Waals surface area contributed by atoms with Gasteiger partial charge < -0.3 is 29.3 Å². The highest BCUT2D eigenvalue weighted by Crippen LogP contribution is 2.37. The van der Waals surface area contributed by atoms with Crippen LogP contribution in [0.25, 0.3) is 0 Å². The number of rotatable bonds is 2. The van der Waals surface area contributed by atoms with Gasteiger partial charge in [-0.15, -0.1) is 0 Å². The Kier molecular flexibility index (Phi) is 7.80. The van der Waals surface area contributed by atoms with Crippen LogP contribution in [0.15, 0.2) is 42.5 Å². The van der Waals surface area contributed by atoms with Crippen molar-refractivity contribution in [2.24, 2.45) is 11.8 Å². The minimum absolute atomic E-state index is 0.0408. The predicted octanol–water partition coefficient (Wildman–Crippen LogP) is 3.58. The van der Waals surface area contributed by atoms with E-state index in [1.54, 1.807) is 23.1 Å². The molecule has 212 valence electrons. The Morgan fingerprint density at radius 1 is 0.825 bits per heavy atom. The van der Waals surface area contributed by atoms with E-state index in [2.05, 4.69) is 5.32 Å². The number of carbonyl (C=O) groups is 3. The van der Waals surface area contributed by atoms with Crippen molar-refractivity contribution in [3.05, 3.63) is 53.6 Å². The number of ether oxygens (including phenoxy) is 3. The summed E-state index contributed by atoms with van der Waals surface area (Å²) in [6.45, 7) is 2.80. The molecule has 1 N–H and O–H groups in total. The fraction of sp³-hybridized carbons (Fsp3) is 0.516. The Labute approximate surface area is 234 Å². The Morgan fingerprint density at radius 3 is 2.52 bits per heavy atom. The van der Waals surface area contributed by atoms with Gasteiger partial charge in [0.05, 0.1) is 12.5 Å². The predicted molar refractivity (Wildman–Crippen MR) is 147 cm³/mol. The van der Waals surface area contributed by atoms with Gasteiger partial charge in [0, 0.05) is 43.6 Å². The molecule has 2 atom stereocenters. The monoisotopic (exact) mass is 547 g/mol. The van der Waals surface area contributed by atoms with E-state index in [1.165, 1.54) is 6.42 Å². The number of carbonyl (C=O) groups excluding carboxylic acids is 3. The van der Waals surface area contributed by atoms with Crippen molar-refractivity contribution in [3.63, 3.8) is 0 Å². The van der Waals surface area contributed by atoms with Crippen molar-refractivity contribution in [1.29, 1.82) is 0 Å². The lowest BCUT2D eigenvalue weighted by atomic mass is 9.88. The Hall–Kier alpha value is -3.75. The number of amides is 3. The van der Waals surface area contributed by atoms with Crippen molar-refractivity contribution in [3.8, 4) is 17.2 Å². The maximum Gasteiger partial charge on any atom is 0.254 e. The van der Waals surface area contributed by atoms with Crippen LogP contribution >= 0.6 is 0 Å². The lowest BCUT2D eigenvalue weighted by molar-refractivity contribution is -0.135. The zero-order valence-electron chi connectivity index (χ0n) is 22.8. The van der Waals surface area contributed by atoms with E-state index in [-0.39, 0.29) is 42.3 Å². The molecule has 0 aromatic heterocycles. The average Bonchev–Trinajstić information content (AvgIpc) is 3.65. The molecule has 3 amide bonds. The van der Waals surface area contributed by atoms with Crippen LogP contribution in [0.5, 0.6) is 17.2 Å². The molecule has 1 saturated carbocycles. The summed E-state index contributed by atoms with van der Waals surface area (Å²) >= 11 is 0. The first-order valence-electron chi connectivity index (χ1n) is 14.5. The number of nitrogens with one attached hydrogen (secondary N) is 1. The maximum atomic E-state index is 13.5. The van der Waals surface area contributed by atoms with Crippen molar-refractivity contribution in [1.82, 2.24) is 15.1 Å². The van der Waals surface area contributed by atoms with Gasteiger partial charge in [0.25, 0.3) is 5.91 Å². The minimum Gasteiger partial charge on any atom is -0.492 e. The Balaban J connectivity index is 1.18. The van der Waals surface area contributed by atoms with Crippen molar-refractivity contribution >= 4 is 17.7 Å². The van der Waals surface area contributed by atoms with Crippen LogP contribution < -0.4 is 19.5 Å². The van der Waals surface area contributed by atoms with Gasteiger partial charge in [0.2, 0.25) is 18.6 Å². The molecular weight excluding hydrogens is 510 g/mol. The third-order valence-electron chi connectivity index (χ3n) is 8.65. The van der Waals surface area contributed by atoms with Crippen molar-refractivity contribution < 1.29 is 28.6 Å². The standard InChI is InChI=1S/C31H37N3O6/c35-29-26-19-34(30(36)21-6-2-1-3-7-21)18-25(26)22-8-4-9-24(16-22)38-15-14-33(13-5-12-32-29)31(37)23-10-11-27-28(17-23)40-20-39-27/h4,8-11,16-17,21,25-26H,1-3,5-7,12-15,18-20H2,(H,32,35)/t25-,26+/m1/s1. The highest BCUT2D eigenvalue weighted by atomic mass is 16.7. The second-order valence-corrected chi connectivity index (χ2v) is 11.2. The van der Waals surface area contributed by atoms with E-state index < -0.39 is 0 Å². The normalized spacial score (nSPS) is 23.6. The van der Waals surface area contributed by atoms with Crippen molar-refractivity contribution in [2.75, 3.05) is 46.1 Å². The lowest BCUT2D eigenvalue weighted by Crippen LogP contribution is -2.40. The van der Waals surface area contributed by atoms with Gasteiger partial charge in [-0.3, -0.25) is 14.4 Å². The molecule has 2 aromatic rings. The highest BCUT2D eigenvalue weighted by Gasteiger charge is 2.42. The highest BCUT2D eigenvalue weighted by molar-refractivity contribution is 5.95. The first kappa shape index (κ1) is 26.5. The molecule has 0 spiro atoms. The summed E-state index contributed by atoms with van der Waals surface area (Å²) < 4.78 is 16.9. The van der Waals surface area contributed by atoms with Crippen molar-refractivity contribution in [2.45, 2.75) is 44.4 Å². The molecule has 3 heterocycles. The van der Waals surface area contributed by atoms with E-state index >= 15 is 0 Å². The van der Waals surface area contributed by atoms with Crippen LogP contribution in [0.2, 0.25) is 0 Å². The molecule has 3 aliphatic heterocycles. The third kappa shape index (κ3) is 5.60. The Morgan fingerprint density at radius 2 is 1.65 bits per heavy atom. The third-order valence-corrected chi connectivity index (χ3v) is 8.65. The van der Waals surface area contributed by atoms with Gasteiger partial charge >= 0.3 is 0 Å². The van der Waals surface area contributed by atoms with Crippen LogP contribution in [0.3, 0.4) is 0 Å². The van der Waals surface area contributed by atoms with Gasteiger partial charge in [-0.25, -0.2) is 0 Å². The van der Waals surface area contributed by atoms with E-state index in [0.29, 0.717) is 68.6 Å². The van der Waals surface area contributed by atoms with Gasteiger partial charge in [-0.2, -0.15) is 0 Å². The molecule has 4 aliphatic rings. The molecular formula is C31H37N3O6. The Bertz CT molecular complexity index is 1260. The molecule has 2 fully saturated rings. The number of hydrogen-bond donors (Lipinski definition) is 1. The van der Waals surface area contributed by atoms with Crippen LogP contribution in [0, 0.1) is 11.8 Å². The van der Waals surface area contributed by atoms with Gasteiger partial charge in [-0.1, -0.05) is 31.4 Å².